The molecule has 2 heterocycles. The Labute approximate surface area is 175 Å². The van der Waals surface area contributed by atoms with Crippen molar-refractivity contribution in [1.82, 2.24) is 24.8 Å². The molecule has 2 aromatic heterocycles. The number of amides is 1. The monoisotopic (exact) mass is 400 g/mol. The van der Waals surface area contributed by atoms with E-state index in [-0.39, 0.29) is 5.91 Å². The van der Waals surface area contributed by atoms with Gasteiger partial charge in [0.1, 0.15) is 0 Å². The number of hydrogen-bond acceptors (Lipinski definition) is 4. The first-order chi connectivity index (χ1) is 14.5. The van der Waals surface area contributed by atoms with Crippen molar-refractivity contribution < 1.29 is 4.79 Å². The summed E-state index contributed by atoms with van der Waals surface area (Å²) in [6.07, 6.45) is 0. The fourth-order valence-corrected chi connectivity index (χ4v) is 3.44. The Morgan fingerprint density at radius 3 is 2.00 bits per heavy atom. The SMILES string of the molecule is Cc1nn(Cc2ccccc2)c(C)c1NC(=O)c1nnn(Cc2ccccc2)c1C. The summed E-state index contributed by atoms with van der Waals surface area (Å²) >= 11 is 0. The van der Waals surface area contributed by atoms with Crippen molar-refractivity contribution >= 4 is 11.6 Å². The van der Waals surface area contributed by atoms with Gasteiger partial charge in [-0.2, -0.15) is 5.10 Å². The molecule has 7 heteroatoms. The molecule has 1 amide bonds. The predicted molar refractivity (Wildman–Crippen MR) is 116 cm³/mol. The van der Waals surface area contributed by atoms with Gasteiger partial charge in [-0.3, -0.25) is 9.48 Å². The molecule has 30 heavy (non-hydrogen) atoms. The molecule has 152 valence electrons. The third-order valence-electron chi connectivity index (χ3n) is 5.17. The van der Waals surface area contributed by atoms with Crippen LogP contribution in [-0.2, 0) is 13.1 Å². The summed E-state index contributed by atoms with van der Waals surface area (Å²) in [4.78, 5) is 12.9. The highest BCUT2D eigenvalue weighted by atomic mass is 16.2. The molecular weight excluding hydrogens is 376 g/mol. The maximum Gasteiger partial charge on any atom is 0.278 e. The minimum atomic E-state index is -0.280. The van der Waals surface area contributed by atoms with E-state index in [9.17, 15) is 4.79 Å². The van der Waals surface area contributed by atoms with E-state index in [1.165, 1.54) is 0 Å². The molecule has 0 saturated heterocycles. The zero-order valence-corrected chi connectivity index (χ0v) is 17.3. The van der Waals surface area contributed by atoms with Crippen LogP contribution in [0.5, 0.6) is 0 Å². The van der Waals surface area contributed by atoms with Crippen molar-refractivity contribution in [1.29, 1.82) is 0 Å². The Kier molecular flexibility index (Phi) is 5.43. The number of aryl methyl sites for hydroxylation is 1. The minimum Gasteiger partial charge on any atom is -0.317 e. The molecule has 0 aliphatic heterocycles. The second-order valence-electron chi connectivity index (χ2n) is 7.31. The number of nitrogens with one attached hydrogen (secondary N) is 1. The minimum absolute atomic E-state index is 0.280. The molecule has 0 unspecified atom stereocenters. The number of aromatic nitrogens is 5. The highest BCUT2D eigenvalue weighted by Crippen LogP contribution is 2.21. The van der Waals surface area contributed by atoms with Gasteiger partial charge in [0.2, 0.25) is 0 Å². The van der Waals surface area contributed by atoms with Crippen LogP contribution in [0.4, 0.5) is 5.69 Å². The van der Waals surface area contributed by atoms with Crippen molar-refractivity contribution in [2.45, 2.75) is 33.9 Å². The van der Waals surface area contributed by atoms with E-state index in [4.69, 9.17) is 0 Å². The average molecular weight is 400 g/mol. The topological polar surface area (TPSA) is 77.6 Å². The van der Waals surface area contributed by atoms with Crippen LogP contribution in [0.2, 0.25) is 0 Å². The maximum atomic E-state index is 12.9. The Morgan fingerprint density at radius 1 is 0.833 bits per heavy atom. The summed E-state index contributed by atoms with van der Waals surface area (Å²) in [6, 6.07) is 20.1. The highest BCUT2D eigenvalue weighted by Gasteiger charge is 2.20. The van der Waals surface area contributed by atoms with Gasteiger partial charge in [0.05, 0.1) is 35.9 Å². The van der Waals surface area contributed by atoms with Crippen LogP contribution in [-0.4, -0.2) is 30.7 Å². The van der Waals surface area contributed by atoms with Crippen molar-refractivity contribution in [3.05, 3.63) is 94.6 Å². The average Bonchev–Trinajstić information content (AvgIpc) is 3.24. The lowest BCUT2D eigenvalue weighted by atomic mass is 10.2. The number of carbonyl (C=O) groups excluding carboxylic acids is 1. The molecule has 4 aromatic rings. The summed E-state index contributed by atoms with van der Waals surface area (Å²) in [6.45, 7) is 6.92. The molecule has 0 radical (unpaired) electrons. The maximum absolute atomic E-state index is 12.9. The quantitative estimate of drug-likeness (QED) is 0.535. The van der Waals surface area contributed by atoms with Crippen LogP contribution in [0.25, 0.3) is 0 Å². The summed E-state index contributed by atoms with van der Waals surface area (Å²) in [7, 11) is 0. The van der Waals surface area contributed by atoms with Gasteiger partial charge in [-0.15, -0.1) is 5.10 Å². The second kappa shape index (κ2) is 8.32. The van der Waals surface area contributed by atoms with Crippen molar-refractivity contribution in [2.75, 3.05) is 5.32 Å². The van der Waals surface area contributed by atoms with Gasteiger partial charge in [-0.25, -0.2) is 4.68 Å². The first-order valence-electron chi connectivity index (χ1n) is 9.86. The first kappa shape index (κ1) is 19.6. The van der Waals surface area contributed by atoms with Gasteiger partial charge in [0.15, 0.2) is 5.69 Å². The van der Waals surface area contributed by atoms with E-state index in [1.807, 2.05) is 74.0 Å². The number of anilines is 1. The van der Waals surface area contributed by atoms with Gasteiger partial charge >= 0.3 is 0 Å². The standard InChI is InChI=1S/C23H24N6O/c1-16-21(17(2)28(26-16)14-19-10-6-4-7-11-19)24-23(30)22-18(3)29(27-25-22)15-20-12-8-5-9-13-20/h4-13H,14-15H2,1-3H3,(H,24,30). The van der Waals surface area contributed by atoms with E-state index >= 15 is 0 Å². The fourth-order valence-electron chi connectivity index (χ4n) is 3.44. The molecule has 0 aliphatic carbocycles. The zero-order valence-electron chi connectivity index (χ0n) is 17.3. The molecule has 0 aliphatic rings. The number of nitrogens with zero attached hydrogens (tertiary/aromatic N) is 5. The normalized spacial score (nSPS) is 10.9. The van der Waals surface area contributed by atoms with Crippen LogP contribution >= 0.6 is 0 Å². The van der Waals surface area contributed by atoms with E-state index in [0.717, 1.165) is 28.2 Å². The van der Waals surface area contributed by atoms with Crippen molar-refractivity contribution in [3.8, 4) is 0 Å². The smallest absolute Gasteiger partial charge is 0.278 e. The number of hydrogen-bond donors (Lipinski definition) is 1. The molecule has 4 rings (SSSR count). The summed E-state index contributed by atoms with van der Waals surface area (Å²) in [5, 5.41) is 15.9. The van der Waals surface area contributed by atoms with Crippen LogP contribution in [0.3, 0.4) is 0 Å². The van der Waals surface area contributed by atoms with Crippen molar-refractivity contribution in [2.24, 2.45) is 0 Å². The molecule has 0 fully saturated rings. The second-order valence-corrected chi connectivity index (χ2v) is 7.31. The molecule has 0 saturated carbocycles. The zero-order chi connectivity index (χ0) is 21.1. The predicted octanol–water partition coefficient (Wildman–Crippen LogP) is 3.75. The largest absolute Gasteiger partial charge is 0.317 e. The van der Waals surface area contributed by atoms with E-state index < -0.39 is 0 Å². The Bertz CT molecular complexity index is 1160. The highest BCUT2D eigenvalue weighted by molar-refractivity contribution is 6.04. The number of benzene rings is 2. The summed E-state index contributed by atoms with van der Waals surface area (Å²) < 4.78 is 3.64. The molecule has 2 aromatic carbocycles. The molecular formula is C23H24N6O. The Morgan fingerprint density at radius 2 is 1.40 bits per heavy atom. The summed E-state index contributed by atoms with van der Waals surface area (Å²) in [5.41, 5.74) is 5.69. The Hall–Kier alpha value is -3.74. The van der Waals surface area contributed by atoms with Gasteiger partial charge in [-0.1, -0.05) is 65.9 Å². The van der Waals surface area contributed by atoms with Gasteiger partial charge < -0.3 is 5.32 Å². The lowest BCUT2D eigenvalue weighted by Crippen LogP contribution is -2.15. The Balaban J connectivity index is 1.52. The fraction of sp³-hybridized carbons (Fsp3) is 0.217. The lowest BCUT2D eigenvalue weighted by Gasteiger charge is -2.07. The van der Waals surface area contributed by atoms with E-state index in [1.54, 1.807) is 4.68 Å². The van der Waals surface area contributed by atoms with E-state index in [0.29, 0.717) is 24.5 Å². The first-order valence-corrected chi connectivity index (χ1v) is 9.86. The van der Waals surface area contributed by atoms with Crippen LogP contribution in [0, 0.1) is 20.8 Å². The molecule has 0 atom stereocenters. The van der Waals surface area contributed by atoms with Crippen molar-refractivity contribution in [3.63, 3.8) is 0 Å². The molecule has 1 N–H and O–H groups in total. The molecule has 0 spiro atoms. The van der Waals surface area contributed by atoms with Gasteiger partial charge in [0.25, 0.3) is 5.91 Å². The summed E-state index contributed by atoms with van der Waals surface area (Å²) in [5.74, 6) is -0.280. The van der Waals surface area contributed by atoms with Crippen LogP contribution in [0.1, 0.15) is 38.7 Å². The van der Waals surface area contributed by atoms with Crippen LogP contribution < -0.4 is 5.32 Å². The lowest BCUT2D eigenvalue weighted by molar-refractivity contribution is 0.102. The third kappa shape index (κ3) is 4.00. The number of carbonyl (C=O) groups is 1. The third-order valence-corrected chi connectivity index (χ3v) is 5.17. The van der Waals surface area contributed by atoms with E-state index in [2.05, 4.69) is 32.9 Å². The number of rotatable bonds is 6. The van der Waals surface area contributed by atoms with Gasteiger partial charge in [0, 0.05) is 0 Å². The van der Waals surface area contributed by atoms with Crippen LogP contribution in [0.15, 0.2) is 60.7 Å². The molecule has 0 bridgehead atoms. The molecule has 7 nitrogen and oxygen atoms in total. The van der Waals surface area contributed by atoms with Gasteiger partial charge in [-0.05, 0) is 31.9 Å².